The van der Waals surface area contributed by atoms with Gasteiger partial charge in [-0.3, -0.25) is 4.79 Å². The van der Waals surface area contributed by atoms with Gasteiger partial charge in [-0.2, -0.15) is 0 Å². The number of amides is 1. The average Bonchev–Trinajstić information content (AvgIpc) is 2.30. The number of phenols is 1. The number of phenolic OH excluding ortho intramolecular Hbond substituents is 1. The zero-order chi connectivity index (χ0) is 12.8. The molecule has 3 heteroatoms. The Hall–Kier alpha value is -1.51. The number of carbonyl (C=O) groups is 1. The van der Waals surface area contributed by atoms with Gasteiger partial charge in [-0.05, 0) is 30.5 Å². The van der Waals surface area contributed by atoms with E-state index in [1.807, 2.05) is 13.0 Å². The van der Waals surface area contributed by atoms with Gasteiger partial charge in [-0.25, -0.2) is 0 Å². The van der Waals surface area contributed by atoms with E-state index in [2.05, 4.69) is 19.2 Å². The van der Waals surface area contributed by atoms with Crippen LogP contribution in [-0.4, -0.2) is 17.6 Å². The van der Waals surface area contributed by atoms with Gasteiger partial charge in [0.1, 0.15) is 5.75 Å². The molecular formula is C14H21NO2. The van der Waals surface area contributed by atoms with Crippen molar-refractivity contribution in [3.8, 4) is 5.75 Å². The Bertz CT molecular complexity index is 384. The topological polar surface area (TPSA) is 49.3 Å². The van der Waals surface area contributed by atoms with E-state index in [0.29, 0.717) is 18.0 Å². The number of rotatable bonds is 5. The fourth-order valence-electron chi connectivity index (χ4n) is 1.74. The Morgan fingerprint density at radius 1 is 1.35 bits per heavy atom. The van der Waals surface area contributed by atoms with Gasteiger partial charge in [0.15, 0.2) is 0 Å². The van der Waals surface area contributed by atoms with Crippen LogP contribution in [0.1, 0.15) is 42.6 Å². The summed E-state index contributed by atoms with van der Waals surface area (Å²) in [5.74, 6) is 0.355. The average molecular weight is 235 g/mol. The number of nitrogens with one attached hydrogen (secondary N) is 1. The molecule has 0 aliphatic carbocycles. The lowest BCUT2D eigenvalue weighted by atomic mass is 10.0. The maximum atomic E-state index is 11.8. The summed E-state index contributed by atoms with van der Waals surface area (Å²) in [6, 6.07) is 5.09. The number of hydrogen-bond acceptors (Lipinski definition) is 2. The van der Waals surface area contributed by atoms with Gasteiger partial charge in [0, 0.05) is 6.54 Å². The second kappa shape index (κ2) is 6.28. The van der Waals surface area contributed by atoms with E-state index in [4.69, 9.17) is 0 Å². The van der Waals surface area contributed by atoms with Crippen molar-refractivity contribution >= 4 is 5.91 Å². The number of aryl methyl sites for hydroxylation is 1. The highest BCUT2D eigenvalue weighted by Crippen LogP contribution is 2.18. The number of hydrogen-bond donors (Lipinski definition) is 2. The molecule has 0 aliphatic heterocycles. The fourth-order valence-corrected chi connectivity index (χ4v) is 1.74. The predicted octanol–water partition coefficient (Wildman–Crippen LogP) is 2.87. The lowest BCUT2D eigenvalue weighted by Crippen LogP contribution is -2.28. The molecule has 0 bridgehead atoms. The molecule has 1 aromatic carbocycles. The van der Waals surface area contributed by atoms with Crippen molar-refractivity contribution in [3.05, 3.63) is 29.3 Å². The van der Waals surface area contributed by atoms with Crippen LogP contribution in [0.25, 0.3) is 0 Å². The maximum Gasteiger partial charge on any atom is 0.255 e. The maximum absolute atomic E-state index is 11.8. The minimum absolute atomic E-state index is 0.0482. The summed E-state index contributed by atoms with van der Waals surface area (Å²) in [7, 11) is 0. The van der Waals surface area contributed by atoms with Gasteiger partial charge in [0.2, 0.25) is 0 Å². The van der Waals surface area contributed by atoms with Crippen LogP contribution in [-0.2, 0) is 0 Å². The molecule has 0 unspecified atom stereocenters. The molecule has 0 spiro atoms. The zero-order valence-electron chi connectivity index (χ0n) is 10.8. The first-order valence-corrected chi connectivity index (χ1v) is 6.16. The predicted molar refractivity (Wildman–Crippen MR) is 69.2 cm³/mol. The largest absolute Gasteiger partial charge is 0.507 e. The van der Waals surface area contributed by atoms with Crippen molar-refractivity contribution in [1.29, 1.82) is 0 Å². The van der Waals surface area contributed by atoms with Crippen LogP contribution in [0.5, 0.6) is 5.75 Å². The quantitative estimate of drug-likeness (QED) is 0.824. The first kappa shape index (κ1) is 13.6. The lowest BCUT2D eigenvalue weighted by molar-refractivity contribution is 0.0944. The van der Waals surface area contributed by atoms with E-state index in [1.54, 1.807) is 12.1 Å². The van der Waals surface area contributed by atoms with Crippen LogP contribution >= 0.6 is 0 Å². The Morgan fingerprint density at radius 3 is 2.53 bits per heavy atom. The molecule has 1 rings (SSSR count). The van der Waals surface area contributed by atoms with E-state index in [-0.39, 0.29) is 11.7 Å². The first-order valence-electron chi connectivity index (χ1n) is 6.16. The molecule has 0 radical (unpaired) electrons. The molecule has 17 heavy (non-hydrogen) atoms. The van der Waals surface area contributed by atoms with Crippen LogP contribution in [0.4, 0.5) is 0 Å². The van der Waals surface area contributed by atoms with Gasteiger partial charge in [0.05, 0.1) is 5.56 Å². The summed E-state index contributed by atoms with van der Waals surface area (Å²) in [6.45, 7) is 6.78. The van der Waals surface area contributed by atoms with Crippen LogP contribution < -0.4 is 5.32 Å². The third kappa shape index (κ3) is 3.77. The summed E-state index contributed by atoms with van der Waals surface area (Å²) in [5.41, 5.74) is 1.29. The van der Waals surface area contributed by atoms with Crippen LogP contribution in [0.3, 0.4) is 0 Å². The number of aromatic hydroxyl groups is 1. The van der Waals surface area contributed by atoms with Gasteiger partial charge in [0.25, 0.3) is 5.91 Å². The van der Waals surface area contributed by atoms with Crippen LogP contribution in [0, 0.1) is 12.8 Å². The third-order valence-corrected chi connectivity index (χ3v) is 3.10. The minimum Gasteiger partial charge on any atom is -0.507 e. The highest BCUT2D eigenvalue weighted by Gasteiger charge is 2.12. The lowest BCUT2D eigenvalue weighted by Gasteiger charge is -2.13. The van der Waals surface area contributed by atoms with Gasteiger partial charge in [-0.1, -0.05) is 32.8 Å². The molecule has 0 atom stereocenters. The molecule has 2 N–H and O–H groups in total. The molecule has 0 aromatic heterocycles. The van der Waals surface area contributed by atoms with Crippen molar-refractivity contribution in [1.82, 2.24) is 5.32 Å². The molecule has 0 fully saturated rings. The van der Waals surface area contributed by atoms with E-state index in [9.17, 15) is 9.90 Å². The summed E-state index contributed by atoms with van der Waals surface area (Å²) in [5, 5.41) is 12.5. The molecule has 0 heterocycles. The monoisotopic (exact) mass is 235 g/mol. The molecule has 3 nitrogen and oxygen atoms in total. The van der Waals surface area contributed by atoms with Crippen LogP contribution in [0.15, 0.2) is 18.2 Å². The molecular weight excluding hydrogens is 214 g/mol. The standard InChI is InChI=1S/C14H21NO2/c1-4-11(5-2)9-15-14(17)12-7-6-10(3)8-13(12)16/h6-8,11,16H,4-5,9H2,1-3H3,(H,15,17). The van der Waals surface area contributed by atoms with Crippen molar-refractivity contribution < 1.29 is 9.90 Å². The van der Waals surface area contributed by atoms with Crippen molar-refractivity contribution in [2.75, 3.05) is 6.54 Å². The number of carbonyl (C=O) groups excluding carboxylic acids is 1. The number of benzene rings is 1. The normalized spacial score (nSPS) is 10.6. The van der Waals surface area contributed by atoms with E-state index < -0.39 is 0 Å². The van der Waals surface area contributed by atoms with Crippen molar-refractivity contribution in [2.24, 2.45) is 5.92 Å². The molecule has 1 amide bonds. The zero-order valence-corrected chi connectivity index (χ0v) is 10.8. The smallest absolute Gasteiger partial charge is 0.255 e. The Balaban J connectivity index is 2.64. The second-order valence-corrected chi connectivity index (χ2v) is 4.41. The van der Waals surface area contributed by atoms with Crippen molar-refractivity contribution in [2.45, 2.75) is 33.6 Å². The van der Waals surface area contributed by atoms with E-state index >= 15 is 0 Å². The summed E-state index contributed by atoms with van der Waals surface area (Å²) in [6.07, 6.45) is 2.10. The van der Waals surface area contributed by atoms with Gasteiger partial charge in [-0.15, -0.1) is 0 Å². The Kier molecular flexibility index (Phi) is 5.01. The van der Waals surface area contributed by atoms with Crippen molar-refractivity contribution in [3.63, 3.8) is 0 Å². The Labute approximate surface area is 103 Å². The van der Waals surface area contributed by atoms with Gasteiger partial charge < -0.3 is 10.4 Å². The highest BCUT2D eigenvalue weighted by molar-refractivity contribution is 5.96. The summed E-state index contributed by atoms with van der Waals surface area (Å²) >= 11 is 0. The second-order valence-electron chi connectivity index (χ2n) is 4.41. The highest BCUT2D eigenvalue weighted by atomic mass is 16.3. The van der Waals surface area contributed by atoms with E-state index in [1.165, 1.54) is 0 Å². The molecule has 0 aliphatic rings. The molecule has 0 saturated carbocycles. The first-order chi connectivity index (χ1) is 8.08. The summed E-state index contributed by atoms with van der Waals surface area (Å²) < 4.78 is 0. The van der Waals surface area contributed by atoms with E-state index in [0.717, 1.165) is 18.4 Å². The molecule has 94 valence electrons. The minimum atomic E-state index is -0.200. The van der Waals surface area contributed by atoms with Gasteiger partial charge >= 0.3 is 0 Å². The third-order valence-electron chi connectivity index (χ3n) is 3.10. The summed E-state index contributed by atoms with van der Waals surface area (Å²) in [4.78, 5) is 11.8. The van der Waals surface area contributed by atoms with Crippen LogP contribution in [0.2, 0.25) is 0 Å². The molecule has 1 aromatic rings. The molecule has 0 saturated heterocycles. The fraction of sp³-hybridized carbons (Fsp3) is 0.500. The Morgan fingerprint density at radius 2 is 2.00 bits per heavy atom. The SMILES string of the molecule is CCC(CC)CNC(=O)c1ccc(C)cc1O.